The maximum absolute atomic E-state index is 12.3. The van der Waals surface area contributed by atoms with E-state index in [1.54, 1.807) is 11.3 Å². The van der Waals surface area contributed by atoms with Crippen LogP contribution in [-0.2, 0) is 11.3 Å². The van der Waals surface area contributed by atoms with Crippen molar-refractivity contribution in [3.8, 4) is 11.4 Å². The van der Waals surface area contributed by atoms with Gasteiger partial charge < -0.3 is 5.32 Å². The van der Waals surface area contributed by atoms with Gasteiger partial charge in [0.05, 0.1) is 5.75 Å². The van der Waals surface area contributed by atoms with E-state index in [1.807, 2.05) is 24.3 Å². The smallest absolute Gasteiger partial charge is 0.230 e. The minimum Gasteiger partial charge on any atom is -0.351 e. The number of hydrogen-bond acceptors (Lipinski definition) is 5. The zero-order chi connectivity index (χ0) is 21.0. The van der Waals surface area contributed by atoms with Gasteiger partial charge in [0.1, 0.15) is 0 Å². The molecule has 1 amide bonds. The zero-order valence-electron chi connectivity index (χ0n) is 17.0. The number of thiophene rings is 1. The van der Waals surface area contributed by atoms with E-state index in [2.05, 4.69) is 59.2 Å². The molecule has 3 aromatic rings. The molecule has 0 saturated carbocycles. The number of thioether (sulfide) groups is 1. The third-order valence-corrected chi connectivity index (χ3v) is 6.79. The van der Waals surface area contributed by atoms with Crippen molar-refractivity contribution >= 4 is 40.6 Å². The lowest BCUT2D eigenvalue weighted by atomic mass is 10.1. The van der Waals surface area contributed by atoms with Crippen LogP contribution in [0.15, 0.2) is 40.9 Å². The molecule has 1 N–H and O–H groups in total. The summed E-state index contributed by atoms with van der Waals surface area (Å²) in [5, 5.41) is 15.3. The van der Waals surface area contributed by atoms with Crippen LogP contribution in [0.1, 0.15) is 50.1 Å². The van der Waals surface area contributed by atoms with Gasteiger partial charge in [-0.15, -0.1) is 21.5 Å². The Morgan fingerprint density at radius 2 is 1.93 bits per heavy atom. The molecule has 2 aromatic heterocycles. The van der Waals surface area contributed by atoms with Gasteiger partial charge in [-0.05, 0) is 43.5 Å². The Morgan fingerprint density at radius 3 is 2.55 bits per heavy atom. The molecule has 0 aliphatic carbocycles. The first kappa shape index (κ1) is 21.9. The lowest BCUT2D eigenvalue weighted by Crippen LogP contribution is -2.24. The summed E-state index contributed by atoms with van der Waals surface area (Å²) in [7, 11) is 0. The molecule has 5 nitrogen and oxygen atoms in total. The van der Waals surface area contributed by atoms with Crippen LogP contribution in [0.2, 0.25) is 5.02 Å². The highest BCUT2D eigenvalue weighted by Crippen LogP contribution is 2.32. The molecule has 0 fully saturated rings. The molecular formula is C21H25ClN4OS2. The molecule has 1 aromatic carbocycles. The van der Waals surface area contributed by atoms with E-state index in [0.717, 1.165) is 22.1 Å². The number of amides is 1. The van der Waals surface area contributed by atoms with Crippen molar-refractivity contribution in [3.05, 3.63) is 51.2 Å². The molecule has 0 spiro atoms. The van der Waals surface area contributed by atoms with Gasteiger partial charge in [0.2, 0.25) is 5.91 Å². The standard InChI is InChI=1S/C21H25ClN4OS2/c1-13(2)18-9-16(11-28-18)20-24-25-21(26(20)14(3)4)29-12-19(27)23-10-15-5-7-17(22)8-6-15/h5-9,11,13-14H,10,12H2,1-4H3,(H,23,27). The molecule has 0 saturated heterocycles. The summed E-state index contributed by atoms with van der Waals surface area (Å²) in [5.74, 6) is 1.59. The topological polar surface area (TPSA) is 59.8 Å². The first-order valence-electron chi connectivity index (χ1n) is 9.52. The molecule has 3 rings (SSSR count). The Balaban J connectivity index is 1.65. The SMILES string of the molecule is CC(C)c1cc(-c2nnc(SCC(=O)NCc3ccc(Cl)cc3)n2C(C)C)cs1. The highest BCUT2D eigenvalue weighted by molar-refractivity contribution is 7.99. The normalized spacial score (nSPS) is 11.4. The third kappa shape index (κ3) is 5.62. The Labute approximate surface area is 184 Å². The molecule has 0 atom stereocenters. The van der Waals surface area contributed by atoms with E-state index >= 15 is 0 Å². The summed E-state index contributed by atoms with van der Waals surface area (Å²) < 4.78 is 2.10. The Bertz CT molecular complexity index is 963. The highest BCUT2D eigenvalue weighted by Gasteiger charge is 2.19. The number of carbonyl (C=O) groups is 1. The maximum Gasteiger partial charge on any atom is 0.230 e. The van der Waals surface area contributed by atoms with Gasteiger partial charge in [0.15, 0.2) is 11.0 Å². The first-order valence-corrected chi connectivity index (χ1v) is 11.8. The molecule has 2 heterocycles. The van der Waals surface area contributed by atoms with Crippen LogP contribution in [0, 0.1) is 0 Å². The van der Waals surface area contributed by atoms with Crippen LogP contribution in [0.5, 0.6) is 0 Å². The third-order valence-electron chi connectivity index (χ3n) is 4.36. The minimum absolute atomic E-state index is 0.0394. The fraction of sp³-hybridized carbons (Fsp3) is 0.381. The Kier molecular flexibility index (Phi) is 7.38. The van der Waals surface area contributed by atoms with E-state index in [4.69, 9.17) is 11.6 Å². The Hall–Kier alpha value is -1.83. The molecule has 0 aliphatic rings. The second-order valence-electron chi connectivity index (χ2n) is 7.35. The first-order chi connectivity index (χ1) is 13.8. The summed E-state index contributed by atoms with van der Waals surface area (Å²) in [6, 6.07) is 9.83. The van der Waals surface area contributed by atoms with Gasteiger partial charge >= 0.3 is 0 Å². The number of benzene rings is 1. The fourth-order valence-corrected chi connectivity index (χ4v) is 4.72. The van der Waals surface area contributed by atoms with Gasteiger partial charge in [-0.25, -0.2) is 0 Å². The summed E-state index contributed by atoms with van der Waals surface area (Å²) >= 11 is 9.04. The number of rotatable bonds is 8. The molecule has 0 bridgehead atoms. The van der Waals surface area contributed by atoms with Gasteiger partial charge in [-0.1, -0.05) is 49.3 Å². The summed E-state index contributed by atoms with van der Waals surface area (Å²) in [6.07, 6.45) is 0. The second kappa shape index (κ2) is 9.78. The lowest BCUT2D eigenvalue weighted by molar-refractivity contribution is -0.118. The van der Waals surface area contributed by atoms with Crippen LogP contribution in [-0.4, -0.2) is 26.4 Å². The number of halogens is 1. The largest absolute Gasteiger partial charge is 0.351 e. The van der Waals surface area contributed by atoms with E-state index in [-0.39, 0.29) is 11.9 Å². The maximum atomic E-state index is 12.3. The number of hydrogen-bond donors (Lipinski definition) is 1. The van der Waals surface area contributed by atoms with Crippen molar-refractivity contribution < 1.29 is 4.79 Å². The van der Waals surface area contributed by atoms with Crippen molar-refractivity contribution in [3.63, 3.8) is 0 Å². The average molecular weight is 449 g/mol. The monoisotopic (exact) mass is 448 g/mol. The predicted octanol–water partition coefficient (Wildman–Crippen LogP) is 5.77. The molecule has 0 aliphatic heterocycles. The van der Waals surface area contributed by atoms with Crippen molar-refractivity contribution in [2.75, 3.05) is 5.75 Å². The van der Waals surface area contributed by atoms with Gasteiger partial charge in [0.25, 0.3) is 0 Å². The molecule has 29 heavy (non-hydrogen) atoms. The number of nitrogens with zero attached hydrogens (tertiary/aromatic N) is 3. The van der Waals surface area contributed by atoms with Crippen LogP contribution in [0.25, 0.3) is 11.4 Å². The number of aromatic nitrogens is 3. The number of carbonyl (C=O) groups excluding carboxylic acids is 1. The van der Waals surface area contributed by atoms with Gasteiger partial charge in [-0.3, -0.25) is 9.36 Å². The predicted molar refractivity (Wildman–Crippen MR) is 122 cm³/mol. The van der Waals surface area contributed by atoms with Crippen LogP contribution in [0.3, 0.4) is 0 Å². The quantitative estimate of drug-likeness (QED) is 0.444. The van der Waals surface area contributed by atoms with E-state index in [9.17, 15) is 4.79 Å². The van der Waals surface area contributed by atoms with Crippen LogP contribution < -0.4 is 5.32 Å². The molecule has 154 valence electrons. The molecule has 8 heteroatoms. The number of nitrogens with one attached hydrogen (secondary N) is 1. The van der Waals surface area contributed by atoms with Crippen LogP contribution in [0.4, 0.5) is 0 Å². The Morgan fingerprint density at radius 1 is 1.21 bits per heavy atom. The molecule has 0 radical (unpaired) electrons. The highest BCUT2D eigenvalue weighted by atomic mass is 35.5. The second-order valence-corrected chi connectivity index (χ2v) is 9.68. The fourth-order valence-electron chi connectivity index (χ4n) is 2.79. The average Bonchev–Trinajstić information content (AvgIpc) is 3.32. The van der Waals surface area contributed by atoms with Crippen molar-refractivity contribution in [2.24, 2.45) is 0 Å². The minimum atomic E-state index is -0.0394. The van der Waals surface area contributed by atoms with Crippen molar-refractivity contribution in [1.29, 1.82) is 0 Å². The van der Waals surface area contributed by atoms with Gasteiger partial charge in [-0.2, -0.15) is 0 Å². The molecule has 0 unspecified atom stereocenters. The van der Waals surface area contributed by atoms with Crippen molar-refractivity contribution in [1.82, 2.24) is 20.1 Å². The van der Waals surface area contributed by atoms with E-state index in [0.29, 0.717) is 23.2 Å². The summed E-state index contributed by atoms with van der Waals surface area (Å²) in [4.78, 5) is 13.6. The van der Waals surface area contributed by atoms with Gasteiger partial charge in [0, 0.05) is 33.4 Å². The summed E-state index contributed by atoms with van der Waals surface area (Å²) in [6.45, 7) is 9.06. The van der Waals surface area contributed by atoms with Crippen molar-refractivity contribution in [2.45, 2.75) is 51.4 Å². The summed E-state index contributed by atoms with van der Waals surface area (Å²) in [5.41, 5.74) is 2.10. The van der Waals surface area contributed by atoms with E-state index < -0.39 is 0 Å². The van der Waals surface area contributed by atoms with Crippen LogP contribution >= 0.6 is 34.7 Å². The van der Waals surface area contributed by atoms with E-state index in [1.165, 1.54) is 16.6 Å². The lowest BCUT2D eigenvalue weighted by Gasteiger charge is -2.13. The zero-order valence-corrected chi connectivity index (χ0v) is 19.4. The molecular weight excluding hydrogens is 424 g/mol.